The molecule has 1 aromatic carbocycles. The van der Waals surface area contributed by atoms with Gasteiger partial charge in [0.2, 0.25) is 0 Å². The fourth-order valence-electron chi connectivity index (χ4n) is 1.14. The molecule has 0 amide bonds. The lowest BCUT2D eigenvalue weighted by Gasteiger charge is -2.14. The van der Waals surface area contributed by atoms with Crippen molar-refractivity contribution < 1.29 is 0 Å². The van der Waals surface area contributed by atoms with Crippen LogP contribution in [0.4, 0.5) is 0 Å². The highest BCUT2D eigenvalue weighted by Gasteiger charge is 2.11. The van der Waals surface area contributed by atoms with Crippen LogP contribution in [0.25, 0.3) is 0 Å². The molecule has 0 saturated heterocycles. The average Bonchev–Trinajstić information content (AvgIpc) is 2.13. The van der Waals surface area contributed by atoms with Gasteiger partial charge in [0.05, 0.1) is 0 Å². The maximum Gasteiger partial charge on any atom is 0.0450 e. The van der Waals surface area contributed by atoms with Gasteiger partial charge in [0, 0.05) is 13.8 Å². The van der Waals surface area contributed by atoms with E-state index in [1.165, 1.54) is 23.1 Å². The van der Waals surface area contributed by atoms with Gasteiger partial charge in [-0.1, -0.05) is 50.0 Å². The molecule has 0 saturated carbocycles. The minimum absolute atomic E-state index is 0.816. The average molecular weight is 224 g/mol. The van der Waals surface area contributed by atoms with Gasteiger partial charge in [0.1, 0.15) is 0 Å². The van der Waals surface area contributed by atoms with E-state index in [0.717, 1.165) is 0 Å². The zero-order valence-corrected chi connectivity index (χ0v) is 11.2. The Balaban J connectivity index is 2.17. The Hall–Kier alpha value is -0.213. The molecule has 0 bridgehead atoms. The van der Waals surface area contributed by atoms with E-state index >= 15 is 0 Å². The van der Waals surface area contributed by atoms with Crippen LogP contribution in [0.1, 0.15) is 5.56 Å². The van der Waals surface area contributed by atoms with Gasteiger partial charge in [-0.25, -0.2) is 0 Å². The minimum atomic E-state index is -0.816. The first-order valence-electron chi connectivity index (χ1n) is 5.20. The highest BCUT2D eigenvalue weighted by Crippen LogP contribution is 2.17. The molecule has 1 rings (SSSR count). The van der Waals surface area contributed by atoms with Crippen molar-refractivity contribution >= 4 is 19.8 Å². The topological polar surface area (TPSA) is 0 Å². The van der Waals surface area contributed by atoms with Gasteiger partial charge in [-0.3, -0.25) is 0 Å². The fraction of sp³-hybridized carbons (Fsp3) is 0.500. The molecule has 0 N–H and O–H groups in total. The standard InChI is InChI=1S/C12H20SSi/c1-14(2,3)10-9-13-11-12-7-5-4-6-8-12/h4-8H,9-11H2,1-3H3. The van der Waals surface area contributed by atoms with E-state index in [4.69, 9.17) is 0 Å². The lowest BCUT2D eigenvalue weighted by molar-refractivity contribution is 1.35. The highest BCUT2D eigenvalue weighted by molar-refractivity contribution is 7.98. The largest absolute Gasteiger partial charge is 0.158 e. The molecule has 0 nitrogen and oxygen atoms in total. The van der Waals surface area contributed by atoms with E-state index in [0.29, 0.717) is 0 Å². The molecule has 2 heteroatoms. The van der Waals surface area contributed by atoms with Gasteiger partial charge in [-0.15, -0.1) is 0 Å². The van der Waals surface area contributed by atoms with Crippen LogP contribution in [0.3, 0.4) is 0 Å². The molecule has 0 aliphatic carbocycles. The van der Waals surface area contributed by atoms with Gasteiger partial charge in [0.25, 0.3) is 0 Å². The molecular weight excluding hydrogens is 204 g/mol. The smallest absolute Gasteiger partial charge is 0.0450 e. The predicted octanol–water partition coefficient (Wildman–Crippen LogP) is 4.26. The van der Waals surface area contributed by atoms with E-state index < -0.39 is 8.07 Å². The Morgan fingerprint density at radius 1 is 1.07 bits per heavy atom. The summed E-state index contributed by atoms with van der Waals surface area (Å²) in [4.78, 5) is 0. The van der Waals surface area contributed by atoms with Crippen molar-refractivity contribution in [2.24, 2.45) is 0 Å². The Kier molecular flexibility index (Phi) is 4.76. The monoisotopic (exact) mass is 224 g/mol. The van der Waals surface area contributed by atoms with Crippen LogP contribution in [0.2, 0.25) is 25.7 Å². The second kappa shape index (κ2) is 5.62. The molecule has 0 spiro atoms. The SMILES string of the molecule is C[Si](C)(C)CCSCc1ccccc1. The van der Waals surface area contributed by atoms with E-state index in [2.05, 4.69) is 61.7 Å². The number of rotatable bonds is 5. The molecule has 0 aromatic heterocycles. The van der Waals surface area contributed by atoms with Crippen LogP contribution in [0.5, 0.6) is 0 Å². The Labute approximate surface area is 93.1 Å². The quantitative estimate of drug-likeness (QED) is 0.532. The minimum Gasteiger partial charge on any atom is -0.158 e. The first-order chi connectivity index (χ1) is 6.58. The lowest BCUT2D eigenvalue weighted by atomic mass is 10.2. The summed E-state index contributed by atoms with van der Waals surface area (Å²) in [6, 6.07) is 12.2. The summed E-state index contributed by atoms with van der Waals surface area (Å²) in [5.74, 6) is 2.50. The summed E-state index contributed by atoms with van der Waals surface area (Å²) in [6.45, 7) is 7.32. The van der Waals surface area contributed by atoms with Crippen LogP contribution >= 0.6 is 11.8 Å². The maximum atomic E-state index is 2.44. The van der Waals surface area contributed by atoms with Crippen LogP contribution in [0, 0.1) is 0 Å². The molecule has 0 heterocycles. The summed E-state index contributed by atoms with van der Waals surface area (Å²) in [6.07, 6.45) is 0. The summed E-state index contributed by atoms with van der Waals surface area (Å²) in [5, 5.41) is 0. The molecule has 1 aromatic rings. The van der Waals surface area contributed by atoms with Gasteiger partial charge in [0.15, 0.2) is 0 Å². The van der Waals surface area contributed by atoms with Crippen molar-refractivity contribution in [2.75, 3.05) is 5.75 Å². The van der Waals surface area contributed by atoms with Crippen molar-refractivity contribution in [1.82, 2.24) is 0 Å². The molecule has 0 radical (unpaired) electrons. The van der Waals surface area contributed by atoms with Gasteiger partial charge >= 0.3 is 0 Å². The summed E-state index contributed by atoms with van der Waals surface area (Å²) in [5.41, 5.74) is 1.45. The molecule has 14 heavy (non-hydrogen) atoms. The second-order valence-electron chi connectivity index (χ2n) is 4.85. The molecule has 0 aliphatic heterocycles. The number of benzene rings is 1. The third-order valence-electron chi connectivity index (χ3n) is 2.11. The lowest BCUT2D eigenvalue weighted by Crippen LogP contribution is -2.19. The van der Waals surface area contributed by atoms with Crippen LogP contribution in [-0.2, 0) is 5.75 Å². The molecule has 0 aliphatic rings. The van der Waals surface area contributed by atoms with E-state index in [1.807, 2.05) is 0 Å². The van der Waals surface area contributed by atoms with Crippen LogP contribution in [0.15, 0.2) is 30.3 Å². The van der Waals surface area contributed by atoms with E-state index in [-0.39, 0.29) is 0 Å². The highest BCUT2D eigenvalue weighted by atomic mass is 32.2. The number of hydrogen-bond donors (Lipinski definition) is 0. The molecule has 0 fully saturated rings. The second-order valence-corrected chi connectivity index (χ2v) is 11.6. The van der Waals surface area contributed by atoms with Gasteiger partial charge in [-0.2, -0.15) is 11.8 Å². The molecule has 78 valence electrons. The third-order valence-corrected chi connectivity index (χ3v) is 5.25. The van der Waals surface area contributed by atoms with Crippen molar-refractivity contribution in [3.8, 4) is 0 Å². The van der Waals surface area contributed by atoms with Crippen LogP contribution in [-0.4, -0.2) is 13.8 Å². The van der Waals surface area contributed by atoms with Crippen molar-refractivity contribution in [3.05, 3.63) is 35.9 Å². The Morgan fingerprint density at radius 3 is 2.29 bits per heavy atom. The normalized spacial score (nSPS) is 11.6. The van der Waals surface area contributed by atoms with Crippen molar-refractivity contribution in [1.29, 1.82) is 0 Å². The Bertz CT molecular complexity index is 251. The van der Waals surface area contributed by atoms with Crippen LogP contribution < -0.4 is 0 Å². The molecular formula is C12H20SSi. The van der Waals surface area contributed by atoms with E-state index in [1.54, 1.807) is 0 Å². The van der Waals surface area contributed by atoms with Gasteiger partial charge < -0.3 is 0 Å². The zero-order chi connectivity index (χ0) is 10.4. The summed E-state index contributed by atoms with van der Waals surface area (Å²) in [7, 11) is -0.816. The van der Waals surface area contributed by atoms with Crippen molar-refractivity contribution in [3.63, 3.8) is 0 Å². The Morgan fingerprint density at radius 2 is 1.71 bits per heavy atom. The zero-order valence-electron chi connectivity index (χ0n) is 9.42. The predicted molar refractivity (Wildman–Crippen MR) is 70.8 cm³/mol. The third kappa shape index (κ3) is 5.50. The number of hydrogen-bond acceptors (Lipinski definition) is 1. The first kappa shape index (κ1) is 11.9. The van der Waals surface area contributed by atoms with Crippen molar-refractivity contribution in [2.45, 2.75) is 31.4 Å². The molecule has 0 atom stereocenters. The maximum absolute atomic E-state index is 2.44. The fourth-order valence-corrected chi connectivity index (χ4v) is 4.74. The molecule has 0 unspecified atom stereocenters. The summed E-state index contributed by atoms with van der Waals surface area (Å²) >= 11 is 2.07. The van der Waals surface area contributed by atoms with E-state index in [9.17, 15) is 0 Å². The number of thioether (sulfide) groups is 1. The summed E-state index contributed by atoms with van der Waals surface area (Å²) < 4.78 is 0. The van der Waals surface area contributed by atoms with Gasteiger partial charge in [-0.05, 0) is 17.4 Å². The first-order valence-corrected chi connectivity index (χ1v) is 10.1.